The van der Waals surface area contributed by atoms with E-state index in [2.05, 4.69) is 15.0 Å². The average Bonchev–Trinajstić information content (AvgIpc) is 3.58. The molecule has 0 unspecified atom stereocenters. The molecule has 0 saturated heterocycles. The highest BCUT2D eigenvalue weighted by Crippen LogP contribution is 2.42. The van der Waals surface area contributed by atoms with Gasteiger partial charge in [-0.15, -0.1) is 0 Å². The third kappa shape index (κ3) is 3.78. The molecular weight excluding hydrogens is 468 g/mol. The number of hydrogen-bond acceptors (Lipinski definition) is 4. The summed E-state index contributed by atoms with van der Waals surface area (Å²) in [6.45, 7) is 3.87. The molecule has 0 bridgehead atoms. The van der Waals surface area contributed by atoms with Crippen molar-refractivity contribution in [2.75, 3.05) is 0 Å². The summed E-state index contributed by atoms with van der Waals surface area (Å²) in [4.78, 5) is 45.7. The Balaban J connectivity index is 1.55. The summed E-state index contributed by atoms with van der Waals surface area (Å²) in [5.41, 5.74) is 11.9. The van der Waals surface area contributed by atoms with Crippen LogP contribution in [-0.2, 0) is 12.0 Å². The van der Waals surface area contributed by atoms with Crippen LogP contribution in [-0.4, -0.2) is 30.6 Å². The van der Waals surface area contributed by atoms with Crippen LogP contribution in [0.5, 0.6) is 0 Å². The fourth-order valence-electron chi connectivity index (χ4n) is 6.01. The summed E-state index contributed by atoms with van der Waals surface area (Å²) in [5, 5.41) is 5.49. The van der Waals surface area contributed by atoms with E-state index in [4.69, 9.17) is 10.8 Å². The van der Waals surface area contributed by atoms with Gasteiger partial charge in [0.15, 0.2) is 0 Å². The number of carbonyl (C=O) groups excluding carboxylic acids is 1. The Morgan fingerprint density at radius 1 is 1.00 bits per heavy atom. The van der Waals surface area contributed by atoms with Crippen LogP contribution >= 0.6 is 0 Å². The molecule has 37 heavy (non-hydrogen) atoms. The first-order valence-electron chi connectivity index (χ1n) is 12.5. The molecule has 0 aliphatic heterocycles. The van der Waals surface area contributed by atoms with Gasteiger partial charge in [0.2, 0.25) is 5.91 Å². The van der Waals surface area contributed by atoms with Gasteiger partial charge < -0.3 is 20.7 Å². The van der Waals surface area contributed by atoms with E-state index in [1.165, 1.54) is 0 Å². The molecule has 1 fully saturated rings. The number of aromatic nitrogens is 5. The number of hydrogen-bond donors (Lipinski definition) is 4. The van der Waals surface area contributed by atoms with Crippen molar-refractivity contribution in [1.29, 1.82) is 0 Å². The molecule has 0 spiro atoms. The predicted octanol–water partition coefficient (Wildman–Crippen LogP) is 3.79. The predicted molar refractivity (Wildman–Crippen MR) is 143 cm³/mol. The van der Waals surface area contributed by atoms with E-state index >= 15 is 0 Å². The molecule has 0 radical (unpaired) electrons. The Kier molecular flexibility index (Phi) is 5.18. The highest BCUT2D eigenvalue weighted by Gasteiger charge is 2.39. The third-order valence-corrected chi connectivity index (χ3v) is 7.79. The number of nitrogens with two attached hydrogens (primary N) is 1. The van der Waals surface area contributed by atoms with E-state index in [-0.39, 0.29) is 11.2 Å². The van der Waals surface area contributed by atoms with Crippen molar-refractivity contribution in [1.82, 2.24) is 24.7 Å². The molecule has 3 aromatic heterocycles. The maximum Gasteiger partial charge on any atom is 0.323 e. The molecule has 6 rings (SSSR count). The van der Waals surface area contributed by atoms with Gasteiger partial charge in [-0.1, -0.05) is 18.9 Å². The zero-order valence-corrected chi connectivity index (χ0v) is 20.8. The van der Waals surface area contributed by atoms with E-state index in [1.807, 2.05) is 48.9 Å². The van der Waals surface area contributed by atoms with Gasteiger partial charge in [-0.3, -0.25) is 14.3 Å². The first-order chi connectivity index (χ1) is 17.7. The van der Waals surface area contributed by atoms with E-state index in [0.717, 1.165) is 59.1 Å². The summed E-state index contributed by atoms with van der Waals surface area (Å²) in [6.07, 6.45) is 6.08. The molecular formula is C28H28N6O3. The lowest BCUT2D eigenvalue weighted by Gasteiger charge is -2.31. The summed E-state index contributed by atoms with van der Waals surface area (Å²) < 4.78 is 2.01. The topological polar surface area (TPSA) is 142 Å². The number of fused-ring (bicyclic) bond motifs is 2. The number of aromatic amines is 3. The van der Waals surface area contributed by atoms with E-state index in [0.29, 0.717) is 28.4 Å². The second-order valence-corrected chi connectivity index (χ2v) is 10.3. The van der Waals surface area contributed by atoms with Gasteiger partial charge in [0.25, 0.3) is 5.56 Å². The second-order valence-electron chi connectivity index (χ2n) is 10.3. The zero-order chi connectivity index (χ0) is 25.9. The standard InChI is InChI=1S/C28H28N6O3/c1-15-9-16(2)31-26(36)20(15)13-28(7-3-4-8-28)34-24-12-18(10-19(25(29)35)21(24)14-30-34)17-5-6-22-23(11-17)33-27(37)32-22/h5-6,9-12,14H,3-4,7-8,13H2,1-2H3,(H2,29,35)(H,31,36)(H2,32,33,37). The van der Waals surface area contributed by atoms with Crippen molar-refractivity contribution in [2.45, 2.75) is 51.5 Å². The third-order valence-electron chi connectivity index (χ3n) is 7.79. The number of nitrogens with one attached hydrogen (secondary N) is 3. The van der Waals surface area contributed by atoms with Gasteiger partial charge in [-0.2, -0.15) is 5.10 Å². The number of benzene rings is 2. The minimum Gasteiger partial charge on any atom is -0.366 e. The number of H-pyrrole nitrogens is 3. The normalized spacial score (nSPS) is 15.1. The lowest BCUT2D eigenvalue weighted by molar-refractivity contribution is 0.100. The van der Waals surface area contributed by atoms with Crippen LogP contribution in [0.15, 0.2) is 52.2 Å². The highest BCUT2D eigenvalue weighted by atomic mass is 16.1. The van der Waals surface area contributed by atoms with Crippen LogP contribution in [0.1, 0.15) is 52.9 Å². The Morgan fingerprint density at radius 2 is 1.76 bits per heavy atom. The SMILES string of the molecule is Cc1cc(C)c(CC2(n3ncc4c(C(N)=O)cc(-c5ccc6[nH]c(=O)[nH]c6c5)cc43)CCCC2)c(=O)[nH]1. The van der Waals surface area contributed by atoms with Crippen LogP contribution in [0, 0.1) is 13.8 Å². The monoisotopic (exact) mass is 496 g/mol. The lowest BCUT2D eigenvalue weighted by atomic mass is 9.87. The Morgan fingerprint density at radius 3 is 2.49 bits per heavy atom. The zero-order valence-electron chi connectivity index (χ0n) is 20.8. The average molecular weight is 497 g/mol. The first kappa shape index (κ1) is 23.0. The fraction of sp³-hybridized carbons (Fsp3) is 0.286. The molecule has 5 aromatic rings. The summed E-state index contributed by atoms with van der Waals surface area (Å²) in [7, 11) is 0. The molecule has 2 aromatic carbocycles. The number of primary amides is 1. The van der Waals surface area contributed by atoms with Crippen molar-refractivity contribution in [3.8, 4) is 11.1 Å². The van der Waals surface area contributed by atoms with Crippen LogP contribution in [0.2, 0.25) is 0 Å². The van der Waals surface area contributed by atoms with Crippen LogP contribution < -0.4 is 17.0 Å². The second kappa shape index (κ2) is 8.33. The maximum atomic E-state index is 12.9. The van der Waals surface area contributed by atoms with Gasteiger partial charge in [0.1, 0.15) is 0 Å². The Hall–Kier alpha value is -4.40. The number of nitrogens with zero attached hydrogens (tertiary/aromatic N) is 2. The molecule has 5 N–H and O–H groups in total. The maximum absolute atomic E-state index is 12.9. The number of imidazole rings is 1. The van der Waals surface area contributed by atoms with Crippen LogP contribution in [0.4, 0.5) is 0 Å². The van der Waals surface area contributed by atoms with Crippen molar-refractivity contribution < 1.29 is 4.79 Å². The number of carbonyl (C=O) groups is 1. The molecule has 9 heteroatoms. The minimum atomic E-state index is -0.533. The Labute approximate surface area is 211 Å². The molecule has 9 nitrogen and oxygen atoms in total. The summed E-state index contributed by atoms with van der Waals surface area (Å²) in [5.74, 6) is -0.533. The van der Waals surface area contributed by atoms with Crippen molar-refractivity contribution >= 4 is 27.8 Å². The van der Waals surface area contributed by atoms with Crippen LogP contribution in [0.25, 0.3) is 33.1 Å². The smallest absolute Gasteiger partial charge is 0.323 e. The molecule has 1 amide bonds. The van der Waals surface area contributed by atoms with Gasteiger partial charge in [-0.05, 0) is 73.7 Å². The number of amides is 1. The summed E-state index contributed by atoms with van der Waals surface area (Å²) >= 11 is 0. The van der Waals surface area contributed by atoms with Gasteiger partial charge in [0.05, 0.1) is 33.8 Å². The fourth-order valence-corrected chi connectivity index (χ4v) is 6.01. The molecule has 3 heterocycles. The van der Waals surface area contributed by atoms with Crippen molar-refractivity contribution in [3.05, 3.63) is 85.8 Å². The highest BCUT2D eigenvalue weighted by molar-refractivity contribution is 6.07. The Bertz CT molecular complexity index is 1810. The summed E-state index contributed by atoms with van der Waals surface area (Å²) in [6, 6.07) is 11.4. The molecule has 0 atom stereocenters. The number of rotatable bonds is 5. The van der Waals surface area contributed by atoms with Gasteiger partial charge in [0, 0.05) is 23.1 Å². The molecule has 1 saturated carbocycles. The largest absolute Gasteiger partial charge is 0.366 e. The molecule has 1 aliphatic rings. The molecule has 1 aliphatic carbocycles. The van der Waals surface area contributed by atoms with Crippen molar-refractivity contribution in [2.24, 2.45) is 5.73 Å². The van der Waals surface area contributed by atoms with E-state index < -0.39 is 11.4 Å². The number of pyridine rings is 1. The van der Waals surface area contributed by atoms with Crippen molar-refractivity contribution in [3.63, 3.8) is 0 Å². The molecule has 188 valence electrons. The number of aryl methyl sites for hydroxylation is 2. The van der Waals surface area contributed by atoms with E-state index in [1.54, 1.807) is 12.3 Å². The van der Waals surface area contributed by atoms with E-state index in [9.17, 15) is 14.4 Å². The quantitative estimate of drug-likeness (QED) is 0.294. The first-order valence-corrected chi connectivity index (χ1v) is 12.5. The van der Waals surface area contributed by atoms with Crippen LogP contribution in [0.3, 0.4) is 0 Å². The lowest BCUT2D eigenvalue weighted by Crippen LogP contribution is -2.36. The minimum absolute atomic E-state index is 0.0625. The van der Waals surface area contributed by atoms with Gasteiger partial charge >= 0.3 is 5.69 Å². The van der Waals surface area contributed by atoms with Gasteiger partial charge in [-0.25, -0.2) is 4.79 Å².